The molecule has 0 spiro atoms. The van der Waals surface area contributed by atoms with E-state index in [4.69, 9.17) is 4.74 Å². The quantitative estimate of drug-likeness (QED) is 0.220. The number of nitrogens with one attached hydrogen (secondary N) is 1. The van der Waals surface area contributed by atoms with Gasteiger partial charge in [-0.05, 0) is 101 Å². The van der Waals surface area contributed by atoms with Crippen molar-refractivity contribution in [3.05, 3.63) is 118 Å². The fraction of sp³-hybridized carbons (Fsp3) is 0.333. The third kappa shape index (κ3) is 7.75. The van der Waals surface area contributed by atoms with Crippen LogP contribution in [0.3, 0.4) is 0 Å². The van der Waals surface area contributed by atoms with Crippen LogP contribution in [0.15, 0.2) is 90.3 Å². The van der Waals surface area contributed by atoms with Gasteiger partial charge in [0, 0.05) is 29.9 Å². The third-order valence-corrected chi connectivity index (χ3v) is 7.37. The minimum absolute atomic E-state index is 0.109. The summed E-state index contributed by atoms with van der Waals surface area (Å²) in [5, 5.41) is 3.09. The Morgan fingerprint density at radius 3 is 2.33 bits per heavy atom. The summed E-state index contributed by atoms with van der Waals surface area (Å²) >= 11 is 0. The van der Waals surface area contributed by atoms with Crippen LogP contribution in [0.1, 0.15) is 91.4 Å². The average Bonchev–Trinajstić information content (AvgIpc) is 2.96. The number of allylic oxidation sites excluding steroid dienone is 2. The van der Waals surface area contributed by atoms with Crippen LogP contribution in [0.2, 0.25) is 0 Å². The Morgan fingerprint density at radius 2 is 1.67 bits per heavy atom. The molecule has 1 aliphatic heterocycles. The van der Waals surface area contributed by atoms with E-state index in [1.807, 2.05) is 101 Å². The normalized spacial score (nSPS) is 14.9. The van der Waals surface area contributed by atoms with E-state index >= 15 is 0 Å². The highest BCUT2D eigenvalue weighted by Gasteiger charge is 2.23. The van der Waals surface area contributed by atoms with E-state index in [9.17, 15) is 14.0 Å². The van der Waals surface area contributed by atoms with Crippen molar-refractivity contribution in [1.29, 1.82) is 0 Å². The fourth-order valence-corrected chi connectivity index (χ4v) is 5.22. The minimum Gasteiger partial charge on any atom is -0.456 e. The molecular formula is C36H41FN2O3. The van der Waals surface area contributed by atoms with E-state index < -0.39 is 11.6 Å². The number of amides is 1. The second-order valence-electron chi connectivity index (χ2n) is 11.9. The Kier molecular flexibility index (Phi) is 9.66. The van der Waals surface area contributed by atoms with Gasteiger partial charge in [-0.15, -0.1) is 0 Å². The Bertz CT molecular complexity index is 1500. The highest BCUT2D eigenvalue weighted by Crippen LogP contribution is 2.31. The highest BCUT2D eigenvalue weighted by atomic mass is 19.1. The van der Waals surface area contributed by atoms with Gasteiger partial charge >= 0.3 is 5.97 Å². The lowest BCUT2D eigenvalue weighted by molar-refractivity contribution is 0.00690. The number of carbonyl (C=O) groups is 2. The summed E-state index contributed by atoms with van der Waals surface area (Å²) < 4.78 is 20.6. The SMILES string of the molecule is CC(=CC(CN1CCCc2cc(C(=O)NC(C)c3ccccc3)ccc21)=C(C)F)c1ccccc1C(=O)OC(C)(C)C. The van der Waals surface area contributed by atoms with Crippen LogP contribution in [-0.4, -0.2) is 30.6 Å². The Labute approximate surface area is 249 Å². The number of carbonyl (C=O) groups excluding carboxylic acids is 2. The number of benzene rings is 3. The maximum absolute atomic E-state index is 14.9. The molecule has 1 unspecified atom stereocenters. The van der Waals surface area contributed by atoms with Gasteiger partial charge in [-0.2, -0.15) is 0 Å². The van der Waals surface area contributed by atoms with E-state index in [2.05, 4.69) is 10.2 Å². The maximum Gasteiger partial charge on any atom is 0.339 e. The zero-order valence-corrected chi connectivity index (χ0v) is 25.5. The molecule has 0 fully saturated rings. The molecule has 1 amide bonds. The molecule has 3 aromatic carbocycles. The Balaban J connectivity index is 1.54. The monoisotopic (exact) mass is 568 g/mol. The number of nitrogens with zero attached hydrogens (tertiary/aromatic N) is 1. The number of hydrogen-bond acceptors (Lipinski definition) is 4. The third-order valence-electron chi connectivity index (χ3n) is 7.37. The van der Waals surface area contributed by atoms with Crippen molar-refractivity contribution in [3.63, 3.8) is 0 Å². The van der Waals surface area contributed by atoms with Crippen LogP contribution in [0.4, 0.5) is 10.1 Å². The summed E-state index contributed by atoms with van der Waals surface area (Å²) in [6.07, 6.45) is 3.58. The first-order valence-electron chi connectivity index (χ1n) is 14.5. The molecule has 1 aliphatic rings. The number of halogens is 1. The number of aryl methyl sites for hydroxylation is 1. The lowest BCUT2D eigenvalue weighted by Gasteiger charge is -2.32. The maximum atomic E-state index is 14.9. The average molecular weight is 569 g/mol. The van der Waals surface area contributed by atoms with Gasteiger partial charge < -0.3 is 15.0 Å². The van der Waals surface area contributed by atoms with E-state index in [1.165, 1.54) is 6.92 Å². The van der Waals surface area contributed by atoms with Crippen molar-refractivity contribution in [2.45, 2.75) is 66.0 Å². The van der Waals surface area contributed by atoms with E-state index in [-0.39, 0.29) is 17.8 Å². The van der Waals surface area contributed by atoms with Crippen LogP contribution in [0.25, 0.3) is 5.57 Å². The van der Waals surface area contributed by atoms with Gasteiger partial charge in [0.15, 0.2) is 0 Å². The standard InChI is InChI=1S/C36H41FN2O3/c1-24(31-16-10-11-17-32(31)35(41)42-36(4,5)6)21-30(25(2)37)23-39-20-12-15-28-22-29(18-19-33(28)39)34(40)38-26(3)27-13-8-7-9-14-27/h7-11,13-14,16-19,21-22,26H,12,15,20,23H2,1-6H3,(H,38,40). The van der Waals surface area contributed by atoms with Crippen molar-refractivity contribution < 1.29 is 18.7 Å². The number of anilines is 1. The van der Waals surface area contributed by atoms with Crippen LogP contribution < -0.4 is 10.2 Å². The summed E-state index contributed by atoms with van der Waals surface area (Å²) in [5.41, 5.74) is 5.61. The van der Waals surface area contributed by atoms with Crippen molar-refractivity contribution in [2.24, 2.45) is 0 Å². The first-order chi connectivity index (χ1) is 19.9. The first kappa shape index (κ1) is 30.8. The summed E-state index contributed by atoms with van der Waals surface area (Å²) in [4.78, 5) is 28.1. The number of ether oxygens (including phenoxy) is 1. The second kappa shape index (κ2) is 13.2. The van der Waals surface area contributed by atoms with E-state index in [1.54, 1.807) is 12.1 Å². The van der Waals surface area contributed by atoms with Gasteiger partial charge in [0.25, 0.3) is 5.91 Å². The van der Waals surface area contributed by atoms with Crippen LogP contribution in [-0.2, 0) is 11.2 Å². The van der Waals surface area contributed by atoms with Gasteiger partial charge in [-0.1, -0.05) is 54.6 Å². The van der Waals surface area contributed by atoms with Crippen molar-refractivity contribution in [1.82, 2.24) is 5.32 Å². The summed E-state index contributed by atoms with van der Waals surface area (Å²) in [7, 11) is 0. The Morgan fingerprint density at radius 1 is 1.00 bits per heavy atom. The summed E-state index contributed by atoms with van der Waals surface area (Å²) in [6.45, 7) is 12.0. The molecule has 1 atom stereocenters. The highest BCUT2D eigenvalue weighted by molar-refractivity contribution is 5.96. The topological polar surface area (TPSA) is 58.6 Å². The van der Waals surface area contributed by atoms with E-state index in [0.717, 1.165) is 41.8 Å². The van der Waals surface area contributed by atoms with Gasteiger partial charge in [0.2, 0.25) is 0 Å². The molecule has 3 aromatic rings. The molecule has 0 saturated carbocycles. The molecule has 4 rings (SSSR count). The summed E-state index contributed by atoms with van der Waals surface area (Å²) in [6, 6.07) is 22.8. The fourth-order valence-electron chi connectivity index (χ4n) is 5.22. The molecule has 0 aromatic heterocycles. The van der Waals surface area contributed by atoms with Crippen LogP contribution >= 0.6 is 0 Å². The first-order valence-corrected chi connectivity index (χ1v) is 14.5. The molecule has 1 N–H and O–H groups in total. The molecule has 220 valence electrons. The lowest BCUT2D eigenvalue weighted by Crippen LogP contribution is -2.32. The number of hydrogen-bond donors (Lipinski definition) is 1. The number of fused-ring (bicyclic) bond motifs is 1. The molecule has 5 nitrogen and oxygen atoms in total. The molecule has 0 radical (unpaired) electrons. The lowest BCUT2D eigenvalue weighted by atomic mass is 9.96. The summed E-state index contributed by atoms with van der Waals surface area (Å²) in [5.74, 6) is -0.799. The molecular weight excluding hydrogens is 527 g/mol. The van der Waals surface area contributed by atoms with Crippen molar-refractivity contribution in [2.75, 3.05) is 18.0 Å². The molecule has 0 bridgehead atoms. The van der Waals surface area contributed by atoms with Gasteiger partial charge in [-0.3, -0.25) is 4.79 Å². The van der Waals surface area contributed by atoms with Crippen molar-refractivity contribution in [3.8, 4) is 0 Å². The van der Waals surface area contributed by atoms with Gasteiger partial charge in [0.1, 0.15) is 11.4 Å². The smallest absolute Gasteiger partial charge is 0.339 e. The zero-order chi connectivity index (χ0) is 30.4. The molecule has 42 heavy (non-hydrogen) atoms. The predicted octanol–water partition coefficient (Wildman–Crippen LogP) is 8.23. The van der Waals surface area contributed by atoms with E-state index in [0.29, 0.717) is 28.8 Å². The van der Waals surface area contributed by atoms with Gasteiger partial charge in [-0.25, -0.2) is 9.18 Å². The van der Waals surface area contributed by atoms with Crippen LogP contribution in [0, 0.1) is 0 Å². The number of esters is 1. The zero-order valence-electron chi connectivity index (χ0n) is 25.5. The van der Waals surface area contributed by atoms with Crippen molar-refractivity contribution >= 4 is 23.1 Å². The Hall–Kier alpha value is -4.19. The number of rotatable bonds is 8. The van der Waals surface area contributed by atoms with Gasteiger partial charge in [0.05, 0.1) is 11.6 Å². The molecule has 0 aliphatic carbocycles. The van der Waals surface area contributed by atoms with Crippen LogP contribution in [0.5, 0.6) is 0 Å². The largest absolute Gasteiger partial charge is 0.456 e. The predicted molar refractivity (Wildman–Crippen MR) is 168 cm³/mol. The second-order valence-corrected chi connectivity index (χ2v) is 11.9. The molecule has 0 saturated heterocycles. The minimum atomic E-state index is -0.620. The molecule has 1 heterocycles. The molecule has 6 heteroatoms.